The number of nitrogens with one attached hydrogen (secondary N) is 2. The summed E-state index contributed by atoms with van der Waals surface area (Å²) in [6, 6.07) is 19.4. The first-order valence-electron chi connectivity index (χ1n) is 8.01. The Kier molecular flexibility index (Phi) is 3.57. The van der Waals surface area contributed by atoms with Gasteiger partial charge in [0.05, 0.1) is 0 Å². The molecule has 0 aliphatic carbocycles. The van der Waals surface area contributed by atoms with E-state index in [1.165, 1.54) is 27.8 Å². The van der Waals surface area contributed by atoms with E-state index in [-0.39, 0.29) is 0 Å². The molecule has 3 aromatic rings. The van der Waals surface area contributed by atoms with Crippen LogP contribution in [0.15, 0.2) is 54.6 Å². The van der Waals surface area contributed by atoms with Gasteiger partial charge in [0, 0.05) is 49.1 Å². The van der Waals surface area contributed by atoms with Crippen LogP contribution < -0.4 is 10.2 Å². The molecule has 1 aromatic heterocycles. The van der Waals surface area contributed by atoms with Gasteiger partial charge in [-0.05, 0) is 11.6 Å². The van der Waals surface area contributed by atoms with E-state index in [4.69, 9.17) is 0 Å². The van der Waals surface area contributed by atoms with Crippen molar-refractivity contribution in [2.24, 2.45) is 0 Å². The average molecular weight is 291 g/mol. The van der Waals surface area contributed by atoms with Crippen LogP contribution in [0.1, 0.15) is 11.1 Å². The third-order valence-electron chi connectivity index (χ3n) is 4.45. The summed E-state index contributed by atoms with van der Waals surface area (Å²) in [5.41, 5.74) is 4.02. The van der Waals surface area contributed by atoms with Gasteiger partial charge in [0.15, 0.2) is 0 Å². The number of aromatic nitrogens is 1. The van der Waals surface area contributed by atoms with Gasteiger partial charge in [-0.25, -0.2) is 0 Å². The molecule has 0 radical (unpaired) electrons. The van der Waals surface area contributed by atoms with Gasteiger partial charge >= 0.3 is 0 Å². The van der Waals surface area contributed by atoms with Gasteiger partial charge < -0.3 is 15.2 Å². The van der Waals surface area contributed by atoms with Crippen LogP contribution in [0.4, 0.5) is 5.82 Å². The summed E-state index contributed by atoms with van der Waals surface area (Å²) in [7, 11) is 0. The fraction of sp³-hybridized carbons (Fsp3) is 0.263. The van der Waals surface area contributed by atoms with E-state index < -0.39 is 0 Å². The lowest BCUT2D eigenvalue weighted by atomic mass is 10.0. The molecule has 1 fully saturated rings. The van der Waals surface area contributed by atoms with Crippen molar-refractivity contribution in [1.82, 2.24) is 10.3 Å². The monoisotopic (exact) mass is 291 g/mol. The van der Waals surface area contributed by atoms with E-state index in [1.807, 2.05) is 0 Å². The lowest BCUT2D eigenvalue weighted by molar-refractivity contribution is 0.585. The van der Waals surface area contributed by atoms with Gasteiger partial charge in [-0.2, -0.15) is 0 Å². The van der Waals surface area contributed by atoms with Crippen LogP contribution in [-0.4, -0.2) is 31.2 Å². The molecule has 2 heterocycles. The van der Waals surface area contributed by atoms with E-state index in [0.717, 1.165) is 32.6 Å². The maximum absolute atomic E-state index is 3.65. The molecule has 4 rings (SSSR count). The highest BCUT2D eigenvalue weighted by molar-refractivity contribution is 5.89. The van der Waals surface area contributed by atoms with Crippen molar-refractivity contribution < 1.29 is 0 Å². The molecule has 1 aliphatic heterocycles. The van der Waals surface area contributed by atoms with Crippen molar-refractivity contribution in [3.8, 4) is 0 Å². The maximum Gasteiger partial charge on any atom is 0.110 e. The number of aromatic amines is 1. The second-order valence-electron chi connectivity index (χ2n) is 5.90. The largest absolute Gasteiger partial charge is 0.355 e. The molecule has 2 aromatic carbocycles. The molecule has 22 heavy (non-hydrogen) atoms. The number of fused-ring (bicyclic) bond motifs is 1. The fourth-order valence-corrected chi connectivity index (χ4v) is 3.32. The van der Waals surface area contributed by atoms with E-state index in [2.05, 4.69) is 69.8 Å². The fourth-order valence-electron chi connectivity index (χ4n) is 3.32. The van der Waals surface area contributed by atoms with E-state index in [1.54, 1.807) is 0 Å². The summed E-state index contributed by atoms with van der Waals surface area (Å²) in [4.78, 5) is 6.13. The first-order valence-corrected chi connectivity index (χ1v) is 8.01. The molecular weight excluding hydrogens is 270 g/mol. The predicted octanol–water partition coefficient (Wildman–Crippen LogP) is 3.17. The lowest BCUT2D eigenvalue weighted by Gasteiger charge is -2.29. The molecule has 0 spiro atoms. The minimum atomic E-state index is 0.976. The third kappa shape index (κ3) is 2.48. The van der Waals surface area contributed by atoms with Crippen LogP contribution in [-0.2, 0) is 6.42 Å². The summed E-state index contributed by atoms with van der Waals surface area (Å²) in [6.45, 7) is 4.24. The Morgan fingerprint density at radius 1 is 0.864 bits per heavy atom. The highest BCUT2D eigenvalue weighted by Gasteiger charge is 2.18. The van der Waals surface area contributed by atoms with Crippen LogP contribution in [0, 0.1) is 0 Å². The molecule has 1 saturated heterocycles. The quantitative estimate of drug-likeness (QED) is 0.776. The zero-order valence-electron chi connectivity index (χ0n) is 12.7. The summed E-state index contributed by atoms with van der Waals surface area (Å²) < 4.78 is 0. The van der Waals surface area contributed by atoms with E-state index >= 15 is 0 Å². The average Bonchev–Trinajstić information content (AvgIpc) is 2.95. The molecule has 0 amide bonds. The number of rotatable bonds is 3. The van der Waals surface area contributed by atoms with Gasteiger partial charge in [0.1, 0.15) is 5.82 Å². The predicted molar refractivity (Wildman–Crippen MR) is 92.6 cm³/mol. The van der Waals surface area contributed by atoms with Gasteiger partial charge in [0.25, 0.3) is 0 Å². The summed E-state index contributed by atoms with van der Waals surface area (Å²) in [5, 5.41) is 4.78. The second kappa shape index (κ2) is 5.85. The topological polar surface area (TPSA) is 31.1 Å². The minimum Gasteiger partial charge on any atom is -0.355 e. The van der Waals surface area contributed by atoms with E-state index in [0.29, 0.717) is 0 Å². The maximum atomic E-state index is 3.65. The number of hydrogen-bond acceptors (Lipinski definition) is 2. The number of benzene rings is 2. The van der Waals surface area contributed by atoms with Gasteiger partial charge in [-0.15, -0.1) is 0 Å². The first-order chi connectivity index (χ1) is 10.9. The number of nitrogens with zero attached hydrogens (tertiary/aromatic N) is 1. The molecule has 1 aliphatic rings. The van der Waals surface area contributed by atoms with Gasteiger partial charge in [-0.3, -0.25) is 0 Å². The SMILES string of the molecule is c1ccc(Cc2c(N3CCNCC3)[nH]c3ccccc23)cc1. The molecular formula is C19H21N3. The lowest BCUT2D eigenvalue weighted by Crippen LogP contribution is -2.44. The molecule has 0 atom stereocenters. The molecule has 0 saturated carbocycles. The smallest absolute Gasteiger partial charge is 0.110 e. The molecule has 3 heteroatoms. The Morgan fingerprint density at radius 3 is 2.41 bits per heavy atom. The standard InChI is InChI=1S/C19H21N3/c1-2-6-15(7-3-1)14-17-16-8-4-5-9-18(16)21-19(17)22-12-10-20-11-13-22/h1-9,20-21H,10-14H2. The Balaban J connectivity index is 1.79. The van der Waals surface area contributed by atoms with Crippen molar-refractivity contribution >= 4 is 16.7 Å². The number of piperazine rings is 1. The van der Waals surface area contributed by atoms with Crippen molar-refractivity contribution in [2.75, 3.05) is 31.1 Å². The van der Waals surface area contributed by atoms with Crippen LogP contribution >= 0.6 is 0 Å². The van der Waals surface area contributed by atoms with Crippen molar-refractivity contribution in [3.05, 3.63) is 65.7 Å². The summed E-state index contributed by atoms with van der Waals surface area (Å²) in [6.07, 6.45) is 0.976. The van der Waals surface area contributed by atoms with Crippen molar-refractivity contribution in [1.29, 1.82) is 0 Å². The molecule has 0 unspecified atom stereocenters. The molecule has 0 bridgehead atoms. The third-order valence-corrected chi connectivity index (χ3v) is 4.45. The van der Waals surface area contributed by atoms with Gasteiger partial charge in [-0.1, -0.05) is 48.5 Å². The Bertz CT molecular complexity index is 755. The van der Waals surface area contributed by atoms with Crippen molar-refractivity contribution in [3.63, 3.8) is 0 Å². The zero-order chi connectivity index (χ0) is 14.8. The summed E-state index contributed by atoms with van der Waals surface area (Å²) >= 11 is 0. The first kappa shape index (κ1) is 13.4. The number of anilines is 1. The molecule has 2 N–H and O–H groups in total. The Morgan fingerprint density at radius 2 is 1.59 bits per heavy atom. The number of hydrogen-bond donors (Lipinski definition) is 2. The van der Waals surface area contributed by atoms with Crippen LogP contribution in [0.3, 0.4) is 0 Å². The van der Waals surface area contributed by atoms with Crippen LogP contribution in [0.25, 0.3) is 10.9 Å². The van der Waals surface area contributed by atoms with E-state index in [9.17, 15) is 0 Å². The summed E-state index contributed by atoms with van der Waals surface area (Å²) in [5.74, 6) is 1.30. The minimum absolute atomic E-state index is 0.976. The Labute approximate surface area is 131 Å². The number of para-hydroxylation sites is 1. The highest BCUT2D eigenvalue weighted by atomic mass is 15.2. The molecule has 112 valence electrons. The highest BCUT2D eigenvalue weighted by Crippen LogP contribution is 2.31. The van der Waals surface area contributed by atoms with Gasteiger partial charge in [0.2, 0.25) is 0 Å². The number of H-pyrrole nitrogens is 1. The van der Waals surface area contributed by atoms with Crippen molar-refractivity contribution in [2.45, 2.75) is 6.42 Å². The Hall–Kier alpha value is -2.26. The normalized spacial score (nSPS) is 15.4. The van der Waals surface area contributed by atoms with Crippen LogP contribution in [0.5, 0.6) is 0 Å². The molecule has 3 nitrogen and oxygen atoms in total. The zero-order valence-corrected chi connectivity index (χ0v) is 12.7. The second-order valence-corrected chi connectivity index (χ2v) is 5.90. The van der Waals surface area contributed by atoms with Crippen LogP contribution in [0.2, 0.25) is 0 Å².